The third-order valence-corrected chi connectivity index (χ3v) is 5.51. The third-order valence-electron chi connectivity index (χ3n) is 4.32. The highest BCUT2D eigenvalue weighted by molar-refractivity contribution is 7.99. The highest BCUT2D eigenvalue weighted by Crippen LogP contribution is 2.24. The number of hydrogen-bond donors (Lipinski definition) is 1. The zero-order valence-corrected chi connectivity index (χ0v) is 13.8. The van der Waals surface area contributed by atoms with Gasteiger partial charge in [0.2, 0.25) is 5.91 Å². The Morgan fingerprint density at radius 2 is 1.86 bits per heavy atom. The summed E-state index contributed by atoms with van der Waals surface area (Å²) < 4.78 is 0. The quantitative estimate of drug-likeness (QED) is 0.860. The van der Waals surface area contributed by atoms with Gasteiger partial charge in [-0.2, -0.15) is 0 Å². The van der Waals surface area contributed by atoms with E-state index in [9.17, 15) is 9.59 Å². The molecule has 2 aliphatic rings. The first kappa shape index (κ1) is 15.8. The summed E-state index contributed by atoms with van der Waals surface area (Å²) in [6, 6.07) is 7.01. The molecule has 0 saturated carbocycles. The van der Waals surface area contributed by atoms with Crippen molar-refractivity contribution in [3.8, 4) is 0 Å². The van der Waals surface area contributed by atoms with Crippen LogP contribution in [-0.2, 0) is 4.79 Å². The highest BCUT2D eigenvalue weighted by Gasteiger charge is 2.32. The predicted octanol–water partition coefficient (Wildman–Crippen LogP) is 2.42. The zero-order chi connectivity index (χ0) is 15.5. The minimum atomic E-state index is -0.0477. The van der Waals surface area contributed by atoms with Gasteiger partial charge in [-0.15, -0.1) is 11.8 Å². The minimum Gasteiger partial charge on any atom is -0.341 e. The molecule has 2 fully saturated rings. The number of likely N-dealkylation sites (tertiary alicyclic amines) is 1. The molecule has 2 saturated heterocycles. The van der Waals surface area contributed by atoms with Crippen molar-refractivity contribution in [2.75, 3.05) is 24.7 Å². The number of ketones is 1. The average Bonchev–Trinajstić information content (AvgIpc) is 3.09. The summed E-state index contributed by atoms with van der Waals surface area (Å²) in [5.41, 5.74) is 0.711. The molecule has 3 rings (SSSR count). The number of Topliss-reactive ketones (excluding diaryl/α,β-unsaturated/α-hetero) is 1. The van der Waals surface area contributed by atoms with Gasteiger partial charge in [-0.1, -0.05) is 11.6 Å². The second-order valence-electron chi connectivity index (χ2n) is 5.74. The molecule has 118 valence electrons. The van der Waals surface area contributed by atoms with Crippen molar-refractivity contribution in [1.29, 1.82) is 0 Å². The van der Waals surface area contributed by atoms with Crippen molar-refractivity contribution in [2.45, 2.75) is 18.9 Å². The second-order valence-corrected chi connectivity index (χ2v) is 7.21. The molecule has 4 nitrogen and oxygen atoms in total. The summed E-state index contributed by atoms with van der Waals surface area (Å²) in [5.74, 6) is 2.06. The Labute approximate surface area is 139 Å². The summed E-state index contributed by atoms with van der Waals surface area (Å²) in [4.78, 5) is 26.7. The van der Waals surface area contributed by atoms with E-state index in [1.165, 1.54) is 0 Å². The van der Waals surface area contributed by atoms with Gasteiger partial charge in [0, 0.05) is 41.2 Å². The van der Waals surface area contributed by atoms with Gasteiger partial charge in [0.15, 0.2) is 5.78 Å². The normalized spacial score (nSPS) is 22.8. The Bertz CT molecular complexity index is 550. The molecule has 2 heterocycles. The lowest BCUT2D eigenvalue weighted by molar-refractivity contribution is -0.133. The van der Waals surface area contributed by atoms with Gasteiger partial charge in [-0.3, -0.25) is 14.9 Å². The first-order valence-electron chi connectivity index (χ1n) is 7.55. The Hall–Kier alpha value is -1.04. The van der Waals surface area contributed by atoms with Crippen molar-refractivity contribution >= 4 is 35.1 Å². The number of hydrogen-bond acceptors (Lipinski definition) is 4. The lowest BCUT2D eigenvalue weighted by Gasteiger charge is -2.32. The summed E-state index contributed by atoms with van der Waals surface area (Å²) in [5, 5.41) is 3.85. The maximum atomic E-state index is 12.5. The summed E-state index contributed by atoms with van der Waals surface area (Å²) in [7, 11) is 0. The molecule has 22 heavy (non-hydrogen) atoms. The molecular weight excluding hydrogens is 320 g/mol. The topological polar surface area (TPSA) is 49.4 Å². The van der Waals surface area contributed by atoms with E-state index in [4.69, 9.17) is 11.6 Å². The standard InChI is InChI=1S/C16H19ClN2O2S/c17-13-3-1-11(2-4-13)15(20)12-5-7-19(8-6-12)16(21)14-9-22-10-18-14/h1-4,12,14,18H,5-10H2. The highest BCUT2D eigenvalue weighted by atomic mass is 35.5. The van der Waals surface area contributed by atoms with Crippen LogP contribution < -0.4 is 5.32 Å². The van der Waals surface area contributed by atoms with Crippen LogP contribution in [0.2, 0.25) is 5.02 Å². The lowest BCUT2D eigenvalue weighted by Crippen LogP contribution is -2.48. The van der Waals surface area contributed by atoms with Crippen molar-refractivity contribution in [2.24, 2.45) is 5.92 Å². The molecule has 0 aromatic heterocycles. The van der Waals surface area contributed by atoms with Crippen LogP contribution in [0, 0.1) is 5.92 Å². The van der Waals surface area contributed by atoms with Crippen LogP contribution in [0.3, 0.4) is 0 Å². The number of carbonyl (C=O) groups is 2. The fourth-order valence-electron chi connectivity index (χ4n) is 2.99. The Morgan fingerprint density at radius 1 is 1.18 bits per heavy atom. The molecular formula is C16H19ClN2O2S. The summed E-state index contributed by atoms with van der Waals surface area (Å²) in [6.45, 7) is 1.34. The number of carbonyl (C=O) groups excluding carboxylic acids is 2. The van der Waals surface area contributed by atoms with E-state index in [1.54, 1.807) is 36.0 Å². The molecule has 0 bridgehead atoms. The van der Waals surface area contributed by atoms with Crippen LogP contribution in [0.1, 0.15) is 23.2 Å². The molecule has 6 heteroatoms. The van der Waals surface area contributed by atoms with Crippen molar-refractivity contribution in [1.82, 2.24) is 10.2 Å². The lowest BCUT2D eigenvalue weighted by atomic mass is 9.88. The largest absolute Gasteiger partial charge is 0.341 e. The fourth-order valence-corrected chi connectivity index (χ4v) is 4.05. The van der Waals surface area contributed by atoms with Crippen molar-refractivity contribution in [3.05, 3.63) is 34.9 Å². The number of amides is 1. The van der Waals surface area contributed by atoms with E-state index in [0.717, 1.165) is 24.5 Å². The molecule has 0 radical (unpaired) electrons. The number of benzene rings is 1. The Balaban J connectivity index is 1.56. The van der Waals surface area contributed by atoms with Crippen LogP contribution in [-0.4, -0.2) is 47.4 Å². The molecule has 1 amide bonds. The van der Waals surface area contributed by atoms with Crippen LogP contribution in [0.25, 0.3) is 0 Å². The second kappa shape index (κ2) is 7.02. The van der Waals surface area contributed by atoms with Gasteiger partial charge >= 0.3 is 0 Å². The van der Waals surface area contributed by atoms with Crippen molar-refractivity contribution in [3.63, 3.8) is 0 Å². The van der Waals surface area contributed by atoms with E-state index in [1.807, 2.05) is 4.90 Å². The third kappa shape index (κ3) is 3.47. The number of piperidine rings is 1. The molecule has 2 aliphatic heterocycles. The van der Waals surface area contributed by atoms with Gasteiger partial charge in [0.05, 0.1) is 6.04 Å². The molecule has 1 atom stereocenters. The minimum absolute atomic E-state index is 0.0103. The first-order valence-corrected chi connectivity index (χ1v) is 9.08. The monoisotopic (exact) mass is 338 g/mol. The Morgan fingerprint density at radius 3 is 2.45 bits per heavy atom. The predicted molar refractivity (Wildman–Crippen MR) is 89.3 cm³/mol. The van der Waals surface area contributed by atoms with Gasteiger partial charge in [0.1, 0.15) is 0 Å². The molecule has 0 aliphatic carbocycles. The number of rotatable bonds is 3. The number of thioether (sulfide) groups is 1. The number of nitrogens with one attached hydrogen (secondary N) is 1. The van der Waals surface area contributed by atoms with Gasteiger partial charge in [-0.05, 0) is 37.1 Å². The maximum absolute atomic E-state index is 12.5. The molecule has 0 spiro atoms. The van der Waals surface area contributed by atoms with E-state index in [-0.39, 0.29) is 23.7 Å². The van der Waals surface area contributed by atoms with Crippen molar-refractivity contribution < 1.29 is 9.59 Å². The smallest absolute Gasteiger partial charge is 0.240 e. The SMILES string of the molecule is O=C(c1ccc(Cl)cc1)C1CCN(C(=O)C2CSCN2)CC1. The summed E-state index contributed by atoms with van der Waals surface area (Å²) >= 11 is 7.61. The van der Waals surface area contributed by atoms with Crippen LogP contribution in [0.15, 0.2) is 24.3 Å². The van der Waals surface area contributed by atoms with E-state index in [0.29, 0.717) is 23.7 Å². The van der Waals surface area contributed by atoms with E-state index in [2.05, 4.69) is 5.32 Å². The van der Waals surface area contributed by atoms with E-state index >= 15 is 0 Å². The molecule has 1 unspecified atom stereocenters. The molecule has 1 N–H and O–H groups in total. The maximum Gasteiger partial charge on any atom is 0.240 e. The molecule has 1 aromatic carbocycles. The van der Waals surface area contributed by atoms with Gasteiger partial charge < -0.3 is 4.90 Å². The first-order chi connectivity index (χ1) is 10.6. The zero-order valence-electron chi connectivity index (χ0n) is 12.3. The van der Waals surface area contributed by atoms with Crippen LogP contribution >= 0.6 is 23.4 Å². The number of nitrogens with zero attached hydrogens (tertiary/aromatic N) is 1. The van der Waals surface area contributed by atoms with Gasteiger partial charge in [-0.25, -0.2) is 0 Å². The fraction of sp³-hybridized carbons (Fsp3) is 0.500. The van der Waals surface area contributed by atoms with Gasteiger partial charge in [0.25, 0.3) is 0 Å². The van der Waals surface area contributed by atoms with Crippen LogP contribution in [0.5, 0.6) is 0 Å². The molecule has 1 aromatic rings. The average molecular weight is 339 g/mol. The Kier molecular flexibility index (Phi) is 5.06. The summed E-state index contributed by atoms with van der Waals surface area (Å²) in [6.07, 6.45) is 1.49. The number of halogens is 1. The van der Waals surface area contributed by atoms with E-state index < -0.39 is 0 Å². The van der Waals surface area contributed by atoms with Crippen LogP contribution in [0.4, 0.5) is 0 Å².